The van der Waals surface area contributed by atoms with Gasteiger partial charge in [0.25, 0.3) is 0 Å². The molecule has 23 heavy (non-hydrogen) atoms. The van der Waals surface area contributed by atoms with E-state index < -0.39 is 0 Å². The zero-order chi connectivity index (χ0) is 16.4. The number of nitrogens with zero attached hydrogens (tertiary/aromatic N) is 1. The molecule has 1 aromatic carbocycles. The molecule has 1 aromatic rings. The van der Waals surface area contributed by atoms with Crippen LogP contribution < -0.4 is 5.32 Å². The molecule has 2 saturated heterocycles. The number of halogens is 1. The molecule has 0 unspecified atom stereocenters. The Morgan fingerprint density at radius 1 is 1.57 bits per heavy atom. The van der Waals surface area contributed by atoms with Gasteiger partial charge in [-0.05, 0) is 37.5 Å². The number of hydrogen-bond acceptors (Lipinski definition) is 4. The molecule has 0 radical (unpaired) electrons. The number of aryl methyl sites for hydroxylation is 1. The van der Waals surface area contributed by atoms with Crippen molar-refractivity contribution in [1.29, 1.82) is 0 Å². The van der Waals surface area contributed by atoms with E-state index in [1.165, 1.54) is 6.07 Å². The SMILES string of the molecule is CO[C@@H]1CN(CC(=O)Nc2ccc(C)c(F)c2)C[C@]12CCCO2. The Bertz CT molecular complexity index is 587. The van der Waals surface area contributed by atoms with Crippen LogP contribution in [0.3, 0.4) is 0 Å². The average molecular weight is 322 g/mol. The summed E-state index contributed by atoms with van der Waals surface area (Å²) in [6.45, 7) is 4.06. The Morgan fingerprint density at radius 3 is 3.04 bits per heavy atom. The topological polar surface area (TPSA) is 50.8 Å². The van der Waals surface area contributed by atoms with E-state index in [-0.39, 0.29) is 30.0 Å². The fourth-order valence-corrected chi connectivity index (χ4v) is 3.53. The van der Waals surface area contributed by atoms with Crippen molar-refractivity contribution in [3.63, 3.8) is 0 Å². The molecule has 1 N–H and O–H groups in total. The zero-order valence-electron chi connectivity index (χ0n) is 13.6. The molecular formula is C17H23FN2O3. The van der Waals surface area contributed by atoms with Gasteiger partial charge >= 0.3 is 0 Å². The van der Waals surface area contributed by atoms with Crippen molar-refractivity contribution in [2.75, 3.05) is 38.7 Å². The minimum atomic E-state index is -0.318. The summed E-state index contributed by atoms with van der Waals surface area (Å²) < 4.78 is 25.0. The van der Waals surface area contributed by atoms with Gasteiger partial charge in [-0.3, -0.25) is 9.69 Å². The molecule has 2 fully saturated rings. The first-order chi connectivity index (χ1) is 11.0. The largest absolute Gasteiger partial charge is 0.377 e. The Kier molecular flexibility index (Phi) is 4.66. The maximum Gasteiger partial charge on any atom is 0.238 e. The molecule has 2 atom stereocenters. The third-order valence-electron chi connectivity index (χ3n) is 4.74. The van der Waals surface area contributed by atoms with Crippen LogP contribution in [0, 0.1) is 12.7 Å². The first-order valence-corrected chi connectivity index (χ1v) is 7.97. The lowest BCUT2D eigenvalue weighted by molar-refractivity contribution is -0.117. The van der Waals surface area contributed by atoms with Crippen LogP contribution in [-0.4, -0.2) is 55.9 Å². The summed E-state index contributed by atoms with van der Waals surface area (Å²) in [5, 5.41) is 2.75. The third kappa shape index (κ3) is 3.39. The number of methoxy groups -OCH3 is 1. The Hall–Kier alpha value is -1.50. The zero-order valence-corrected chi connectivity index (χ0v) is 13.6. The summed E-state index contributed by atoms with van der Waals surface area (Å²) >= 11 is 0. The molecule has 0 bridgehead atoms. The van der Waals surface area contributed by atoms with E-state index in [2.05, 4.69) is 5.32 Å². The highest BCUT2D eigenvalue weighted by atomic mass is 19.1. The number of rotatable bonds is 4. The lowest BCUT2D eigenvalue weighted by Gasteiger charge is -2.28. The molecule has 0 saturated carbocycles. The summed E-state index contributed by atoms with van der Waals surface area (Å²) in [5.41, 5.74) is 0.767. The molecule has 1 amide bonds. The maximum absolute atomic E-state index is 13.5. The number of ether oxygens (including phenoxy) is 2. The second-order valence-corrected chi connectivity index (χ2v) is 6.42. The van der Waals surface area contributed by atoms with Gasteiger partial charge in [-0.25, -0.2) is 4.39 Å². The van der Waals surface area contributed by atoms with E-state index in [1.54, 1.807) is 26.2 Å². The van der Waals surface area contributed by atoms with Gasteiger partial charge in [0.05, 0.1) is 12.6 Å². The van der Waals surface area contributed by atoms with Gasteiger partial charge in [-0.15, -0.1) is 0 Å². The Balaban J connectivity index is 1.59. The molecule has 0 aromatic heterocycles. The van der Waals surface area contributed by atoms with Gasteiger partial charge in [0.2, 0.25) is 5.91 Å². The lowest BCUT2D eigenvalue weighted by Crippen LogP contribution is -2.42. The van der Waals surface area contributed by atoms with Gasteiger partial charge in [0.1, 0.15) is 11.4 Å². The van der Waals surface area contributed by atoms with E-state index in [0.717, 1.165) is 19.4 Å². The van der Waals surface area contributed by atoms with Crippen LogP contribution in [0.15, 0.2) is 18.2 Å². The highest BCUT2D eigenvalue weighted by Gasteiger charge is 2.50. The predicted molar refractivity (Wildman–Crippen MR) is 84.9 cm³/mol. The molecule has 1 spiro atoms. The predicted octanol–water partition coefficient (Wildman–Crippen LogP) is 1.95. The van der Waals surface area contributed by atoms with E-state index in [4.69, 9.17) is 9.47 Å². The summed E-state index contributed by atoms with van der Waals surface area (Å²) in [6.07, 6.45) is 1.99. The second-order valence-electron chi connectivity index (χ2n) is 6.42. The van der Waals surface area contributed by atoms with Gasteiger partial charge < -0.3 is 14.8 Å². The number of likely N-dealkylation sites (tertiary alicyclic amines) is 1. The molecule has 2 heterocycles. The van der Waals surface area contributed by atoms with Crippen molar-refractivity contribution >= 4 is 11.6 Å². The van der Waals surface area contributed by atoms with Crippen LogP contribution in [0.5, 0.6) is 0 Å². The van der Waals surface area contributed by atoms with Crippen molar-refractivity contribution in [2.24, 2.45) is 0 Å². The number of carbonyl (C=O) groups is 1. The van der Waals surface area contributed by atoms with Crippen LogP contribution in [0.4, 0.5) is 10.1 Å². The maximum atomic E-state index is 13.5. The van der Waals surface area contributed by atoms with Crippen molar-refractivity contribution < 1.29 is 18.7 Å². The Morgan fingerprint density at radius 2 is 2.39 bits per heavy atom. The normalized spacial score (nSPS) is 27.7. The smallest absolute Gasteiger partial charge is 0.238 e. The number of anilines is 1. The number of amides is 1. The summed E-state index contributed by atoms with van der Waals surface area (Å²) in [6, 6.07) is 4.71. The highest BCUT2D eigenvalue weighted by molar-refractivity contribution is 5.92. The fraction of sp³-hybridized carbons (Fsp3) is 0.588. The molecule has 6 heteroatoms. The van der Waals surface area contributed by atoms with Crippen LogP contribution in [0.2, 0.25) is 0 Å². The second kappa shape index (κ2) is 6.55. The van der Waals surface area contributed by atoms with Crippen LogP contribution in [0.25, 0.3) is 0 Å². The minimum Gasteiger partial charge on any atom is -0.377 e. The summed E-state index contributed by atoms with van der Waals surface area (Å²) in [7, 11) is 1.69. The Labute approximate surface area is 135 Å². The fourth-order valence-electron chi connectivity index (χ4n) is 3.53. The van der Waals surface area contributed by atoms with E-state index in [0.29, 0.717) is 24.3 Å². The van der Waals surface area contributed by atoms with Crippen LogP contribution in [0.1, 0.15) is 18.4 Å². The van der Waals surface area contributed by atoms with Gasteiger partial charge in [0, 0.05) is 32.5 Å². The van der Waals surface area contributed by atoms with Gasteiger partial charge in [0.15, 0.2) is 0 Å². The minimum absolute atomic E-state index is 0.00498. The van der Waals surface area contributed by atoms with Crippen molar-refractivity contribution in [1.82, 2.24) is 4.90 Å². The molecular weight excluding hydrogens is 299 g/mol. The van der Waals surface area contributed by atoms with Crippen molar-refractivity contribution in [3.05, 3.63) is 29.6 Å². The van der Waals surface area contributed by atoms with E-state index in [1.807, 2.05) is 4.90 Å². The summed E-state index contributed by atoms with van der Waals surface area (Å²) in [5.74, 6) is -0.472. The molecule has 0 aliphatic carbocycles. The van der Waals surface area contributed by atoms with Gasteiger partial charge in [-0.1, -0.05) is 6.07 Å². The van der Waals surface area contributed by atoms with E-state index in [9.17, 15) is 9.18 Å². The monoisotopic (exact) mass is 322 g/mol. The highest BCUT2D eigenvalue weighted by Crippen LogP contribution is 2.36. The molecule has 126 valence electrons. The molecule has 2 aliphatic heterocycles. The average Bonchev–Trinajstić information content (AvgIpc) is 3.10. The van der Waals surface area contributed by atoms with Crippen LogP contribution in [-0.2, 0) is 14.3 Å². The lowest BCUT2D eigenvalue weighted by atomic mass is 9.97. The number of benzene rings is 1. The summed E-state index contributed by atoms with van der Waals surface area (Å²) in [4.78, 5) is 14.2. The number of hydrogen-bond donors (Lipinski definition) is 1. The quantitative estimate of drug-likeness (QED) is 0.921. The number of carbonyl (C=O) groups excluding carboxylic acids is 1. The number of nitrogens with one attached hydrogen (secondary N) is 1. The first kappa shape index (κ1) is 16.4. The molecule has 3 rings (SSSR count). The first-order valence-electron chi connectivity index (χ1n) is 7.97. The molecule has 2 aliphatic rings. The van der Waals surface area contributed by atoms with E-state index >= 15 is 0 Å². The van der Waals surface area contributed by atoms with Crippen LogP contribution >= 0.6 is 0 Å². The van der Waals surface area contributed by atoms with Crippen molar-refractivity contribution in [2.45, 2.75) is 31.5 Å². The third-order valence-corrected chi connectivity index (χ3v) is 4.74. The van der Waals surface area contributed by atoms with Gasteiger partial charge in [-0.2, -0.15) is 0 Å². The standard InChI is InChI=1S/C17H23FN2O3/c1-12-4-5-13(8-14(12)18)19-16(21)10-20-9-15(22-2)17(11-20)6-3-7-23-17/h4-5,8,15H,3,6-7,9-11H2,1-2H3,(H,19,21)/t15-,17-/m1/s1. The molecule has 5 nitrogen and oxygen atoms in total. The van der Waals surface area contributed by atoms with Crippen molar-refractivity contribution in [3.8, 4) is 0 Å².